The first-order chi connectivity index (χ1) is 20.3. The molecule has 4 aromatic heterocycles. The van der Waals surface area contributed by atoms with Gasteiger partial charge in [-0.25, -0.2) is 24.9 Å². The van der Waals surface area contributed by atoms with Crippen molar-refractivity contribution in [1.82, 2.24) is 24.9 Å². The van der Waals surface area contributed by atoms with E-state index in [0.717, 1.165) is 49.8 Å². The van der Waals surface area contributed by atoms with Crippen LogP contribution in [0.25, 0.3) is 78.5 Å². The number of hydrogen-bond donors (Lipinski definition) is 0. The maximum atomic E-state index is 6.36. The predicted molar refractivity (Wildman–Crippen MR) is 162 cm³/mol. The van der Waals surface area contributed by atoms with E-state index in [0.29, 0.717) is 28.8 Å². The molecule has 0 atom stereocenters. The standard InChI is InChI=1S/C35H21N5O/c1-3-12-23(13-4-1)33-38-34(24-14-5-2-6-15-24)40-35(39-33)28-21-30-31(25-16-8-10-18-29(25)41-30)32(37-28)27-20-19-22-11-7-9-17-26(22)36-27/h1-21H. The molecular weight excluding hydrogens is 506 g/mol. The van der Waals surface area contributed by atoms with Gasteiger partial charge in [0, 0.05) is 28.0 Å². The van der Waals surface area contributed by atoms with Gasteiger partial charge in [0.15, 0.2) is 17.5 Å². The summed E-state index contributed by atoms with van der Waals surface area (Å²) in [5.74, 6) is 1.61. The van der Waals surface area contributed by atoms with Crippen LogP contribution < -0.4 is 0 Å². The predicted octanol–water partition coefficient (Wildman–Crippen LogP) is 8.38. The smallest absolute Gasteiger partial charge is 0.182 e. The summed E-state index contributed by atoms with van der Waals surface area (Å²) >= 11 is 0. The van der Waals surface area contributed by atoms with E-state index >= 15 is 0 Å². The molecular formula is C35H21N5O. The second-order valence-electron chi connectivity index (χ2n) is 9.75. The van der Waals surface area contributed by atoms with E-state index in [9.17, 15) is 0 Å². The molecule has 0 amide bonds. The minimum Gasteiger partial charge on any atom is -0.456 e. The molecule has 6 nitrogen and oxygen atoms in total. The molecule has 0 fully saturated rings. The van der Waals surface area contributed by atoms with E-state index in [1.54, 1.807) is 0 Å². The zero-order chi connectivity index (χ0) is 27.2. The third kappa shape index (κ3) is 4.10. The first-order valence-electron chi connectivity index (χ1n) is 13.4. The number of nitrogens with zero attached hydrogens (tertiary/aromatic N) is 5. The van der Waals surface area contributed by atoms with Gasteiger partial charge in [-0.1, -0.05) is 103 Å². The minimum atomic E-state index is 0.460. The van der Waals surface area contributed by atoms with E-state index in [1.807, 2.05) is 109 Å². The first kappa shape index (κ1) is 23.2. The maximum Gasteiger partial charge on any atom is 0.182 e. The average Bonchev–Trinajstić information content (AvgIpc) is 3.43. The summed E-state index contributed by atoms with van der Waals surface area (Å²) in [6.45, 7) is 0. The molecule has 0 aliphatic carbocycles. The third-order valence-electron chi connectivity index (χ3n) is 7.13. The number of pyridine rings is 2. The Balaban J connectivity index is 1.41. The van der Waals surface area contributed by atoms with Crippen LogP contribution in [0.4, 0.5) is 0 Å². The zero-order valence-corrected chi connectivity index (χ0v) is 21.8. The van der Waals surface area contributed by atoms with Gasteiger partial charge in [-0.2, -0.15) is 0 Å². The van der Waals surface area contributed by atoms with Crippen molar-refractivity contribution in [1.29, 1.82) is 0 Å². The van der Waals surface area contributed by atoms with Crippen LogP contribution in [0.1, 0.15) is 0 Å². The van der Waals surface area contributed by atoms with Gasteiger partial charge in [0.05, 0.1) is 16.6 Å². The van der Waals surface area contributed by atoms with E-state index in [2.05, 4.69) is 18.2 Å². The monoisotopic (exact) mass is 527 g/mol. The topological polar surface area (TPSA) is 77.6 Å². The Labute approximate surface area is 235 Å². The number of hydrogen-bond acceptors (Lipinski definition) is 6. The van der Waals surface area contributed by atoms with Crippen molar-refractivity contribution in [3.63, 3.8) is 0 Å². The highest BCUT2D eigenvalue weighted by Crippen LogP contribution is 2.37. The molecule has 8 rings (SSSR count). The Morgan fingerprint density at radius 3 is 1.83 bits per heavy atom. The van der Waals surface area contributed by atoms with E-state index < -0.39 is 0 Å². The molecule has 0 unspecified atom stereocenters. The number of aromatic nitrogens is 5. The third-order valence-corrected chi connectivity index (χ3v) is 7.13. The Bertz CT molecular complexity index is 2150. The molecule has 0 N–H and O–H groups in total. The van der Waals surface area contributed by atoms with Crippen LogP contribution in [0.15, 0.2) is 132 Å². The number of furan rings is 1. The van der Waals surface area contributed by atoms with Crippen LogP contribution in [0.3, 0.4) is 0 Å². The molecule has 0 saturated heterocycles. The Hall–Kier alpha value is -5.75. The van der Waals surface area contributed by atoms with Crippen LogP contribution in [0.2, 0.25) is 0 Å². The van der Waals surface area contributed by atoms with Crippen molar-refractivity contribution in [2.24, 2.45) is 0 Å². The molecule has 6 heteroatoms. The summed E-state index contributed by atoms with van der Waals surface area (Å²) < 4.78 is 6.36. The lowest BCUT2D eigenvalue weighted by molar-refractivity contribution is 0.668. The van der Waals surface area contributed by atoms with E-state index in [-0.39, 0.29) is 0 Å². The Kier molecular flexibility index (Phi) is 5.35. The number of fused-ring (bicyclic) bond motifs is 4. The highest BCUT2D eigenvalue weighted by Gasteiger charge is 2.20. The number of rotatable bonds is 4. The van der Waals surface area contributed by atoms with Gasteiger partial charge in [0.1, 0.15) is 22.6 Å². The lowest BCUT2D eigenvalue weighted by atomic mass is 10.1. The Morgan fingerprint density at radius 2 is 1.07 bits per heavy atom. The number of benzene rings is 4. The molecule has 0 aliphatic heterocycles. The van der Waals surface area contributed by atoms with Gasteiger partial charge >= 0.3 is 0 Å². The van der Waals surface area contributed by atoms with Crippen molar-refractivity contribution in [2.45, 2.75) is 0 Å². The molecule has 0 saturated carbocycles. The van der Waals surface area contributed by atoms with Crippen molar-refractivity contribution in [3.05, 3.63) is 127 Å². The fourth-order valence-electron chi connectivity index (χ4n) is 5.16. The summed E-state index contributed by atoms with van der Waals surface area (Å²) in [5.41, 5.74) is 6.23. The summed E-state index contributed by atoms with van der Waals surface area (Å²) in [4.78, 5) is 24.8. The van der Waals surface area contributed by atoms with Crippen LogP contribution in [-0.2, 0) is 0 Å². The fraction of sp³-hybridized carbons (Fsp3) is 0. The molecule has 0 spiro atoms. The first-order valence-corrected chi connectivity index (χ1v) is 13.4. The van der Waals surface area contributed by atoms with Crippen LogP contribution in [-0.4, -0.2) is 24.9 Å². The summed E-state index contributed by atoms with van der Waals surface area (Å²) in [6, 6.07) is 41.9. The average molecular weight is 528 g/mol. The molecule has 41 heavy (non-hydrogen) atoms. The van der Waals surface area contributed by atoms with E-state index in [1.165, 1.54) is 0 Å². The minimum absolute atomic E-state index is 0.460. The fourth-order valence-corrected chi connectivity index (χ4v) is 5.16. The summed E-state index contributed by atoms with van der Waals surface area (Å²) in [7, 11) is 0. The lowest BCUT2D eigenvalue weighted by Crippen LogP contribution is -2.02. The number of para-hydroxylation sites is 2. The quantitative estimate of drug-likeness (QED) is 0.229. The summed E-state index contributed by atoms with van der Waals surface area (Å²) in [6.07, 6.45) is 0. The highest BCUT2D eigenvalue weighted by molar-refractivity contribution is 6.12. The highest BCUT2D eigenvalue weighted by atomic mass is 16.3. The SMILES string of the molecule is c1ccc(-c2nc(-c3ccccc3)nc(-c3cc4oc5ccccc5c4c(-c4ccc5ccccc5n4)n3)n2)cc1. The summed E-state index contributed by atoms with van der Waals surface area (Å²) in [5, 5.41) is 2.96. The Morgan fingerprint density at radius 1 is 0.439 bits per heavy atom. The largest absolute Gasteiger partial charge is 0.456 e. The van der Waals surface area contributed by atoms with Gasteiger partial charge < -0.3 is 4.42 Å². The van der Waals surface area contributed by atoms with Gasteiger partial charge in [0.2, 0.25) is 0 Å². The zero-order valence-electron chi connectivity index (χ0n) is 21.8. The molecule has 4 aromatic carbocycles. The van der Waals surface area contributed by atoms with Crippen LogP contribution >= 0.6 is 0 Å². The van der Waals surface area contributed by atoms with Gasteiger partial charge in [-0.15, -0.1) is 0 Å². The molecule has 4 heterocycles. The van der Waals surface area contributed by atoms with Crippen molar-refractivity contribution >= 4 is 32.8 Å². The van der Waals surface area contributed by atoms with Crippen molar-refractivity contribution in [3.8, 4) is 45.7 Å². The molecule has 0 radical (unpaired) electrons. The maximum absolute atomic E-state index is 6.36. The van der Waals surface area contributed by atoms with E-state index in [4.69, 9.17) is 29.3 Å². The second-order valence-corrected chi connectivity index (χ2v) is 9.75. The van der Waals surface area contributed by atoms with Crippen LogP contribution in [0.5, 0.6) is 0 Å². The van der Waals surface area contributed by atoms with Crippen molar-refractivity contribution in [2.75, 3.05) is 0 Å². The van der Waals surface area contributed by atoms with Crippen molar-refractivity contribution < 1.29 is 4.42 Å². The lowest BCUT2D eigenvalue weighted by Gasteiger charge is -2.10. The van der Waals surface area contributed by atoms with Gasteiger partial charge in [-0.3, -0.25) is 0 Å². The van der Waals surface area contributed by atoms with Crippen LogP contribution in [0, 0.1) is 0 Å². The normalized spacial score (nSPS) is 11.4. The molecule has 0 bridgehead atoms. The van der Waals surface area contributed by atoms with Gasteiger partial charge in [0.25, 0.3) is 0 Å². The molecule has 0 aliphatic rings. The second kappa shape index (κ2) is 9.47. The molecule has 8 aromatic rings. The van der Waals surface area contributed by atoms with Gasteiger partial charge in [-0.05, 0) is 18.2 Å². The molecule has 192 valence electrons.